The van der Waals surface area contributed by atoms with E-state index in [1.54, 1.807) is 30.9 Å². The Kier molecular flexibility index (Phi) is 3.65. The van der Waals surface area contributed by atoms with E-state index in [1.807, 2.05) is 36.4 Å². The highest BCUT2D eigenvalue weighted by atomic mass is 16.2. The summed E-state index contributed by atoms with van der Waals surface area (Å²) >= 11 is 0. The number of amides is 1. The number of carbonyl (C=O) groups is 1. The Bertz CT molecular complexity index is 810. The number of nitrogens with zero attached hydrogens (tertiary/aromatic N) is 4. The molecule has 2 aromatic heterocycles. The smallest absolute Gasteiger partial charge is 0.278 e. The second-order valence-corrected chi connectivity index (χ2v) is 4.90. The van der Waals surface area contributed by atoms with Crippen LogP contribution in [0.5, 0.6) is 0 Å². The molecule has 2 heterocycles. The van der Waals surface area contributed by atoms with Gasteiger partial charge in [-0.1, -0.05) is 35.5 Å². The molecule has 0 aliphatic heterocycles. The lowest BCUT2D eigenvalue weighted by Crippen LogP contribution is -2.14. The summed E-state index contributed by atoms with van der Waals surface area (Å²) in [5, 5.41) is 10.5. The van der Waals surface area contributed by atoms with E-state index in [4.69, 9.17) is 0 Å². The number of hydrogen-bond acceptors (Lipinski definition) is 4. The minimum atomic E-state index is -0.282. The van der Waals surface area contributed by atoms with Crippen molar-refractivity contribution in [3.8, 4) is 11.3 Å². The summed E-state index contributed by atoms with van der Waals surface area (Å²) in [6.07, 6.45) is 1.67. The van der Waals surface area contributed by atoms with Gasteiger partial charge < -0.3 is 5.32 Å². The standard InChI is InChI=1S/C16H15N5O/c1-11-15(19-20-21(11)2)16(22)18-13-8-9-17-14(10-13)12-6-4-3-5-7-12/h3-10H,1-2H3,(H,17,18,22). The Morgan fingerprint density at radius 2 is 1.95 bits per heavy atom. The zero-order chi connectivity index (χ0) is 15.5. The maximum atomic E-state index is 12.2. The number of aromatic nitrogens is 4. The average Bonchev–Trinajstić information content (AvgIpc) is 2.88. The molecule has 0 saturated carbocycles. The third kappa shape index (κ3) is 2.71. The monoisotopic (exact) mass is 293 g/mol. The van der Waals surface area contributed by atoms with Crippen LogP contribution in [0.15, 0.2) is 48.7 Å². The van der Waals surface area contributed by atoms with Gasteiger partial charge in [-0.15, -0.1) is 5.10 Å². The number of pyridine rings is 1. The molecule has 3 rings (SSSR count). The molecule has 1 amide bonds. The molecular formula is C16H15N5O. The van der Waals surface area contributed by atoms with Crippen LogP contribution in [0.2, 0.25) is 0 Å². The van der Waals surface area contributed by atoms with E-state index in [0.29, 0.717) is 11.4 Å². The number of benzene rings is 1. The van der Waals surface area contributed by atoms with Crippen molar-refractivity contribution in [2.75, 3.05) is 5.32 Å². The molecule has 0 fully saturated rings. The van der Waals surface area contributed by atoms with Crippen molar-refractivity contribution in [1.29, 1.82) is 0 Å². The number of aryl methyl sites for hydroxylation is 1. The van der Waals surface area contributed by atoms with Crippen LogP contribution in [-0.4, -0.2) is 25.9 Å². The first-order chi connectivity index (χ1) is 10.6. The lowest BCUT2D eigenvalue weighted by molar-refractivity contribution is 0.102. The zero-order valence-electron chi connectivity index (χ0n) is 12.3. The second-order valence-electron chi connectivity index (χ2n) is 4.90. The first-order valence-corrected chi connectivity index (χ1v) is 6.84. The van der Waals surface area contributed by atoms with Gasteiger partial charge >= 0.3 is 0 Å². The number of carbonyl (C=O) groups excluding carboxylic acids is 1. The molecule has 0 aliphatic carbocycles. The van der Waals surface area contributed by atoms with Crippen LogP contribution in [-0.2, 0) is 7.05 Å². The Morgan fingerprint density at radius 1 is 1.18 bits per heavy atom. The predicted octanol–water partition coefficient (Wildman–Crippen LogP) is 2.44. The van der Waals surface area contributed by atoms with E-state index in [9.17, 15) is 4.79 Å². The van der Waals surface area contributed by atoms with Crippen molar-refractivity contribution >= 4 is 11.6 Å². The van der Waals surface area contributed by atoms with Crippen LogP contribution in [0.25, 0.3) is 11.3 Å². The summed E-state index contributed by atoms with van der Waals surface area (Å²) in [7, 11) is 1.75. The van der Waals surface area contributed by atoms with Crippen molar-refractivity contribution in [2.45, 2.75) is 6.92 Å². The van der Waals surface area contributed by atoms with Gasteiger partial charge in [0.1, 0.15) is 0 Å². The predicted molar refractivity (Wildman–Crippen MR) is 83.4 cm³/mol. The Hall–Kier alpha value is -3.02. The van der Waals surface area contributed by atoms with Crippen LogP contribution in [0.1, 0.15) is 16.2 Å². The van der Waals surface area contributed by atoms with Crippen LogP contribution >= 0.6 is 0 Å². The molecule has 0 saturated heterocycles. The molecule has 0 spiro atoms. The maximum Gasteiger partial charge on any atom is 0.278 e. The molecule has 1 aromatic carbocycles. The molecule has 0 bridgehead atoms. The molecule has 110 valence electrons. The summed E-state index contributed by atoms with van der Waals surface area (Å²) < 4.78 is 1.57. The summed E-state index contributed by atoms with van der Waals surface area (Å²) in [5.41, 5.74) is 3.50. The normalized spacial score (nSPS) is 10.5. The summed E-state index contributed by atoms with van der Waals surface area (Å²) in [6.45, 7) is 1.80. The topological polar surface area (TPSA) is 72.7 Å². The van der Waals surface area contributed by atoms with E-state index in [2.05, 4.69) is 20.6 Å². The molecule has 0 radical (unpaired) electrons. The molecule has 22 heavy (non-hydrogen) atoms. The third-order valence-electron chi connectivity index (χ3n) is 3.41. The van der Waals surface area contributed by atoms with E-state index in [1.165, 1.54) is 0 Å². The van der Waals surface area contributed by atoms with Gasteiger partial charge in [0, 0.05) is 24.5 Å². The highest BCUT2D eigenvalue weighted by Gasteiger charge is 2.15. The fourth-order valence-corrected chi connectivity index (χ4v) is 2.08. The largest absolute Gasteiger partial charge is 0.320 e. The minimum absolute atomic E-state index is 0.282. The fraction of sp³-hybridized carbons (Fsp3) is 0.125. The minimum Gasteiger partial charge on any atom is -0.320 e. The Morgan fingerprint density at radius 3 is 2.64 bits per heavy atom. The van der Waals surface area contributed by atoms with Gasteiger partial charge in [0.15, 0.2) is 5.69 Å². The summed E-state index contributed by atoms with van der Waals surface area (Å²) in [6, 6.07) is 13.4. The van der Waals surface area contributed by atoms with Crippen LogP contribution in [0.4, 0.5) is 5.69 Å². The van der Waals surface area contributed by atoms with Gasteiger partial charge in [-0.3, -0.25) is 14.5 Å². The molecular weight excluding hydrogens is 278 g/mol. The molecule has 1 N–H and O–H groups in total. The van der Waals surface area contributed by atoms with Crippen molar-refractivity contribution < 1.29 is 4.79 Å². The van der Waals surface area contributed by atoms with Crippen molar-refractivity contribution in [3.05, 3.63) is 60.0 Å². The van der Waals surface area contributed by atoms with Gasteiger partial charge in [0.05, 0.1) is 11.4 Å². The van der Waals surface area contributed by atoms with E-state index >= 15 is 0 Å². The number of anilines is 1. The highest BCUT2D eigenvalue weighted by molar-refractivity contribution is 6.03. The lowest BCUT2D eigenvalue weighted by Gasteiger charge is -2.06. The summed E-state index contributed by atoms with van der Waals surface area (Å²) in [5.74, 6) is -0.282. The lowest BCUT2D eigenvalue weighted by atomic mass is 10.1. The van der Waals surface area contributed by atoms with Crippen LogP contribution in [0.3, 0.4) is 0 Å². The van der Waals surface area contributed by atoms with Crippen molar-refractivity contribution in [2.24, 2.45) is 7.05 Å². The zero-order valence-corrected chi connectivity index (χ0v) is 12.3. The van der Waals surface area contributed by atoms with Crippen molar-refractivity contribution in [3.63, 3.8) is 0 Å². The average molecular weight is 293 g/mol. The fourth-order valence-electron chi connectivity index (χ4n) is 2.08. The molecule has 6 heteroatoms. The van der Waals surface area contributed by atoms with Crippen molar-refractivity contribution in [1.82, 2.24) is 20.0 Å². The molecule has 3 aromatic rings. The van der Waals surface area contributed by atoms with Gasteiger partial charge in [0.2, 0.25) is 0 Å². The SMILES string of the molecule is Cc1c(C(=O)Nc2ccnc(-c3ccccc3)c2)nnn1C. The molecule has 0 atom stereocenters. The molecule has 6 nitrogen and oxygen atoms in total. The quantitative estimate of drug-likeness (QED) is 0.805. The molecule has 0 aliphatic rings. The Labute approximate surface area is 127 Å². The number of rotatable bonds is 3. The van der Waals surface area contributed by atoms with Gasteiger partial charge in [-0.25, -0.2) is 0 Å². The van der Waals surface area contributed by atoms with E-state index < -0.39 is 0 Å². The first-order valence-electron chi connectivity index (χ1n) is 6.84. The number of nitrogens with one attached hydrogen (secondary N) is 1. The highest BCUT2D eigenvalue weighted by Crippen LogP contribution is 2.20. The Balaban J connectivity index is 1.84. The van der Waals surface area contributed by atoms with Gasteiger partial charge in [0.25, 0.3) is 5.91 Å². The van der Waals surface area contributed by atoms with E-state index in [-0.39, 0.29) is 5.91 Å². The number of hydrogen-bond donors (Lipinski definition) is 1. The van der Waals surface area contributed by atoms with Gasteiger partial charge in [-0.05, 0) is 19.1 Å². The summed E-state index contributed by atoms with van der Waals surface area (Å²) in [4.78, 5) is 16.6. The van der Waals surface area contributed by atoms with Crippen LogP contribution < -0.4 is 5.32 Å². The van der Waals surface area contributed by atoms with Crippen LogP contribution in [0, 0.1) is 6.92 Å². The van der Waals surface area contributed by atoms with Gasteiger partial charge in [-0.2, -0.15) is 0 Å². The molecule has 0 unspecified atom stereocenters. The second kappa shape index (κ2) is 5.77. The first kappa shape index (κ1) is 13.9. The van der Waals surface area contributed by atoms with E-state index in [0.717, 1.165) is 17.0 Å². The third-order valence-corrected chi connectivity index (χ3v) is 3.41. The maximum absolute atomic E-state index is 12.2.